The maximum absolute atomic E-state index is 11.1. The van der Waals surface area contributed by atoms with E-state index in [1.54, 1.807) is 0 Å². The van der Waals surface area contributed by atoms with Crippen LogP contribution in [0.25, 0.3) is 0 Å². The van der Waals surface area contributed by atoms with Crippen molar-refractivity contribution < 1.29 is 9.53 Å². The van der Waals surface area contributed by atoms with E-state index in [2.05, 4.69) is 19.7 Å². The van der Waals surface area contributed by atoms with Gasteiger partial charge in [0.25, 0.3) is 0 Å². The van der Waals surface area contributed by atoms with Gasteiger partial charge in [-0.3, -0.25) is 9.69 Å². The Hall–Kier alpha value is -1.96. The Kier molecular flexibility index (Phi) is 5.25. The first kappa shape index (κ1) is 14.1. The first-order valence-electron chi connectivity index (χ1n) is 5.60. The molecule has 0 amide bonds. The van der Waals surface area contributed by atoms with Crippen LogP contribution in [0.2, 0.25) is 0 Å². The Morgan fingerprint density at radius 3 is 2.39 bits per heavy atom. The molecule has 1 aromatic heterocycles. The summed E-state index contributed by atoms with van der Waals surface area (Å²) in [5.41, 5.74) is 11.0. The van der Waals surface area contributed by atoms with Gasteiger partial charge in [-0.1, -0.05) is 6.92 Å². The van der Waals surface area contributed by atoms with Gasteiger partial charge in [0.1, 0.15) is 5.82 Å². The first-order chi connectivity index (χ1) is 8.55. The van der Waals surface area contributed by atoms with Gasteiger partial charge in [-0.25, -0.2) is 0 Å². The minimum atomic E-state index is -0.247. The number of aromatic nitrogens is 3. The average molecular weight is 254 g/mol. The summed E-state index contributed by atoms with van der Waals surface area (Å²) < 4.78 is 4.59. The van der Waals surface area contributed by atoms with Gasteiger partial charge in [0, 0.05) is 6.54 Å². The molecule has 0 atom stereocenters. The fraction of sp³-hybridized carbons (Fsp3) is 0.600. The third-order valence-electron chi connectivity index (χ3n) is 2.39. The second-order valence-electron chi connectivity index (χ2n) is 3.66. The van der Waals surface area contributed by atoms with E-state index in [0.717, 1.165) is 6.54 Å². The number of esters is 1. The van der Waals surface area contributed by atoms with E-state index in [1.807, 2.05) is 11.8 Å². The Labute approximate surface area is 105 Å². The molecule has 0 fully saturated rings. The van der Waals surface area contributed by atoms with Crippen LogP contribution in [0.3, 0.4) is 0 Å². The highest BCUT2D eigenvalue weighted by Crippen LogP contribution is 2.04. The first-order valence-corrected chi connectivity index (χ1v) is 5.60. The number of hydrogen-bond acceptors (Lipinski definition) is 8. The molecule has 0 saturated carbocycles. The number of nitrogen functional groups attached to an aromatic ring is 2. The summed E-state index contributed by atoms with van der Waals surface area (Å²) in [4.78, 5) is 24.7. The maximum atomic E-state index is 11.1. The second kappa shape index (κ2) is 6.70. The molecular formula is C10H18N6O2. The van der Waals surface area contributed by atoms with Crippen LogP contribution in [-0.2, 0) is 16.1 Å². The molecule has 0 bridgehead atoms. The summed E-state index contributed by atoms with van der Waals surface area (Å²) in [6.07, 6.45) is 0.320. The SMILES string of the molecule is CCN(CCC(=O)OC)Cc1nc(N)nc(N)n1. The number of ether oxygens (including phenoxy) is 1. The molecule has 18 heavy (non-hydrogen) atoms. The fourth-order valence-corrected chi connectivity index (χ4v) is 1.43. The van der Waals surface area contributed by atoms with Gasteiger partial charge in [-0.05, 0) is 6.54 Å². The molecule has 0 aromatic carbocycles. The molecule has 0 radical (unpaired) electrons. The van der Waals surface area contributed by atoms with Crippen LogP contribution in [-0.4, -0.2) is 46.0 Å². The van der Waals surface area contributed by atoms with E-state index in [9.17, 15) is 4.79 Å². The molecule has 0 aliphatic heterocycles. The van der Waals surface area contributed by atoms with Crippen LogP contribution >= 0.6 is 0 Å². The number of anilines is 2. The number of hydrogen-bond donors (Lipinski definition) is 2. The van der Waals surface area contributed by atoms with Crippen molar-refractivity contribution in [3.8, 4) is 0 Å². The van der Waals surface area contributed by atoms with E-state index in [1.165, 1.54) is 7.11 Å². The lowest BCUT2D eigenvalue weighted by atomic mass is 10.3. The molecule has 0 saturated heterocycles. The molecule has 100 valence electrons. The van der Waals surface area contributed by atoms with Crippen LogP contribution in [0.4, 0.5) is 11.9 Å². The molecule has 8 nitrogen and oxygen atoms in total. The zero-order valence-electron chi connectivity index (χ0n) is 10.6. The quantitative estimate of drug-likeness (QED) is 0.647. The molecule has 0 unspecified atom stereocenters. The molecule has 0 aliphatic rings. The van der Waals surface area contributed by atoms with Crippen LogP contribution in [0, 0.1) is 0 Å². The normalized spacial score (nSPS) is 10.6. The smallest absolute Gasteiger partial charge is 0.306 e. The van der Waals surface area contributed by atoms with Crippen molar-refractivity contribution in [2.75, 3.05) is 31.7 Å². The van der Waals surface area contributed by atoms with E-state index < -0.39 is 0 Å². The maximum Gasteiger partial charge on any atom is 0.306 e. The van der Waals surface area contributed by atoms with Crippen molar-refractivity contribution in [2.45, 2.75) is 19.9 Å². The van der Waals surface area contributed by atoms with Crippen molar-refractivity contribution in [2.24, 2.45) is 0 Å². The van der Waals surface area contributed by atoms with E-state index in [-0.39, 0.29) is 17.9 Å². The van der Waals surface area contributed by atoms with Crippen molar-refractivity contribution in [3.05, 3.63) is 5.82 Å². The molecule has 4 N–H and O–H groups in total. The van der Waals surface area contributed by atoms with E-state index in [4.69, 9.17) is 11.5 Å². The predicted octanol–water partition coefficient (Wildman–Crippen LogP) is -0.579. The summed E-state index contributed by atoms with van der Waals surface area (Å²) in [5, 5.41) is 0. The number of nitrogens with zero attached hydrogens (tertiary/aromatic N) is 4. The molecule has 0 aliphatic carbocycles. The van der Waals surface area contributed by atoms with Gasteiger partial charge in [-0.15, -0.1) is 0 Å². The number of methoxy groups -OCH3 is 1. The number of carbonyl (C=O) groups excluding carboxylic acids is 1. The number of nitrogens with two attached hydrogens (primary N) is 2. The van der Waals surface area contributed by atoms with Crippen molar-refractivity contribution in [3.63, 3.8) is 0 Å². The second-order valence-corrected chi connectivity index (χ2v) is 3.66. The highest BCUT2D eigenvalue weighted by molar-refractivity contribution is 5.69. The van der Waals surface area contributed by atoms with Gasteiger partial charge in [0.05, 0.1) is 20.1 Å². The fourth-order valence-electron chi connectivity index (χ4n) is 1.43. The van der Waals surface area contributed by atoms with Crippen LogP contribution in [0.5, 0.6) is 0 Å². The number of carbonyl (C=O) groups is 1. The minimum absolute atomic E-state index is 0.0986. The lowest BCUT2D eigenvalue weighted by Gasteiger charge is -2.18. The third kappa shape index (κ3) is 4.50. The Balaban J connectivity index is 2.59. The van der Waals surface area contributed by atoms with Gasteiger partial charge in [-0.2, -0.15) is 15.0 Å². The molecular weight excluding hydrogens is 236 g/mol. The highest BCUT2D eigenvalue weighted by Gasteiger charge is 2.10. The Bertz CT molecular complexity index is 391. The van der Waals surface area contributed by atoms with Crippen LogP contribution < -0.4 is 11.5 Å². The molecule has 8 heteroatoms. The van der Waals surface area contributed by atoms with Crippen molar-refractivity contribution in [1.29, 1.82) is 0 Å². The van der Waals surface area contributed by atoms with Crippen LogP contribution in [0.1, 0.15) is 19.2 Å². The molecule has 1 rings (SSSR count). The summed E-state index contributed by atoms with van der Waals surface area (Å²) >= 11 is 0. The van der Waals surface area contributed by atoms with Crippen molar-refractivity contribution in [1.82, 2.24) is 19.9 Å². The summed E-state index contributed by atoms with van der Waals surface area (Å²) in [6, 6.07) is 0. The standard InChI is InChI=1S/C10H18N6O2/c1-3-16(5-4-8(17)18-2)6-7-13-9(11)15-10(12)14-7/h3-6H2,1-2H3,(H4,11,12,13,14,15). The molecule has 1 aromatic rings. The zero-order chi connectivity index (χ0) is 13.5. The monoisotopic (exact) mass is 254 g/mol. The predicted molar refractivity (Wildman–Crippen MR) is 66.2 cm³/mol. The largest absolute Gasteiger partial charge is 0.469 e. The van der Waals surface area contributed by atoms with Gasteiger partial charge in [0.15, 0.2) is 0 Å². The van der Waals surface area contributed by atoms with Gasteiger partial charge < -0.3 is 16.2 Å². The topological polar surface area (TPSA) is 120 Å². The Morgan fingerprint density at radius 2 is 1.89 bits per heavy atom. The third-order valence-corrected chi connectivity index (χ3v) is 2.39. The zero-order valence-corrected chi connectivity index (χ0v) is 10.6. The molecule has 0 spiro atoms. The Morgan fingerprint density at radius 1 is 1.28 bits per heavy atom. The lowest BCUT2D eigenvalue weighted by Crippen LogP contribution is -2.27. The summed E-state index contributed by atoms with van der Waals surface area (Å²) in [6.45, 7) is 3.76. The van der Waals surface area contributed by atoms with Crippen molar-refractivity contribution >= 4 is 17.9 Å². The summed E-state index contributed by atoms with van der Waals surface area (Å²) in [7, 11) is 1.37. The lowest BCUT2D eigenvalue weighted by molar-refractivity contribution is -0.141. The number of rotatable bonds is 6. The average Bonchev–Trinajstić information content (AvgIpc) is 2.32. The van der Waals surface area contributed by atoms with Gasteiger partial charge in [0.2, 0.25) is 11.9 Å². The van der Waals surface area contributed by atoms with E-state index >= 15 is 0 Å². The highest BCUT2D eigenvalue weighted by atomic mass is 16.5. The molecule has 1 heterocycles. The van der Waals surface area contributed by atoms with Crippen LogP contribution in [0.15, 0.2) is 0 Å². The minimum Gasteiger partial charge on any atom is -0.469 e. The van der Waals surface area contributed by atoms with Gasteiger partial charge >= 0.3 is 5.97 Å². The van der Waals surface area contributed by atoms with E-state index in [0.29, 0.717) is 25.3 Å². The summed E-state index contributed by atoms with van der Waals surface area (Å²) in [5.74, 6) is 0.442.